The van der Waals surface area contributed by atoms with Crippen LogP contribution in [-0.2, 0) is 10.0 Å². The fourth-order valence-corrected chi connectivity index (χ4v) is 4.93. The van der Waals surface area contributed by atoms with Gasteiger partial charge < -0.3 is 16.0 Å². The molecular formula is C21H24N6O3S. The van der Waals surface area contributed by atoms with Gasteiger partial charge in [0.15, 0.2) is 0 Å². The van der Waals surface area contributed by atoms with Gasteiger partial charge in [0, 0.05) is 55.9 Å². The summed E-state index contributed by atoms with van der Waals surface area (Å²) < 4.78 is 27.7. The molecule has 0 spiro atoms. The van der Waals surface area contributed by atoms with E-state index in [0.717, 1.165) is 0 Å². The van der Waals surface area contributed by atoms with Gasteiger partial charge in [0.25, 0.3) is 0 Å². The molecule has 1 fully saturated rings. The van der Waals surface area contributed by atoms with Crippen molar-refractivity contribution in [3.05, 3.63) is 66.1 Å². The summed E-state index contributed by atoms with van der Waals surface area (Å²) in [7, 11) is -1.65. The van der Waals surface area contributed by atoms with E-state index in [1.54, 1.807) is 48.8 Å². The molecule has 1 aromatic heterocycles. The SMILES string of the molecule is CN1CCN(S(=O)(=O)c2cccc(C3=CNC(N)C(C(=O)c4cccnc4)=N3)c2)CC1. The van der Waals surface area contributed by atoms with Crippen molar-refractivity contribution in [2.45, 2.75) is 11.1 Å². The summed E-state index contributed by atoms with van der Waals surface area (Å²) in [6.45, 7) is 2.28. The van der Waals surface area contributed by atoms with Crippen molar-refractivity contribution in [2.75, 3.05) is 33.2 Å². The molecule has 0 amide bonds. The quantitative estimate of drug-likeness (QED) is 0.651. The topological polar surface area (TPSA) is 121 Å². The minimum atomic E-state index is -3.62. The number of nitrogens with two attached hydrogens (primary N) is 1. The number of carbonyl (C=O) groups is 1. The number of nitrogens with zero attached hydrogens (tertiary/aromatic N) is 4. The first kappa shape index (κ1) is 21.3. The van der Waals surface area contributed by atoms with E-state index >= 15 is 0 Å². The molecule has 1 aromatic carbocycles. The van der Waals surface area contributed by atoms with Crippen LogP contribution in [0, 0.1) is 0 Å². The van der Waals surface area contributed by atoms with Gasteiger partial charge in [-0.3, -0.25) is 9.78 Å². The predicted molar refractivity (Wildman–Crippen MR) is 118 cm³/mol. The van der Waals surface area contributed by atoms with E-state index in [-0.39, 0.29) is 16.4 Å². The van der Waals surface area contributed by atoms with Crippen LogP contribution in [0.2, 0.25) is 0 Å². The molecule has 0 aliphatic carbocycles. The Morgan fingerprint density at radius 1 is 1.16 bits per heavy atom. The molecule has 2 aliphatic heterocycles. The number of rotatable bonds is 5. The number of hydrogen-bond acceptors (Lipinski definition) is 8. The summed E-state index contributed by atoms with van der Waals surface area (Å²) in [5, 5.41) is 2.94. The molecule has 3 heterocycles. The molecule has 1 unspecified atom stereocenters. The van der Waals surface area contributed by atoms with Crippen LogP contribution in [0.1, 0.15) is 15.9 Å². The smallest absolute Gasteiger partial charge is 0.243 e. The van der Waals surface area contributed by atoms with Crippen LogP contribution in [0.5, 0.6) is 0 Å². The molecule has 4 rings (SSSR count). The molecule has 1 atom stereocenters. The van der Waals surface area contributed by atoms with Gasteiger partial charge in [-0.2, -0.15) is 4.31 Å². The molecule has 0 bridgehead atoms. The number of piperazine rings is 1. The second-order valence-electron chi connectivity index (χ2n) is 7.48. The standard InChI is InChI=1S/C21H24N6O3S/c1-26-8-10-27(11-9-26)31(29,30)17-6-2-4-15(12-17)18-14-24-21(22)19(25-18)20(28)16-5-3-7-23-13-16/h2-7,12-14,21,24H,8-11,22H2,1H3. The summed E-state index contributed by atoms with van der Waals surface area (Å²) >= 11 is 0. The zero-order chi connectivity index (χ0) is 22.0. The van der Waals surface area contributed by atoms with E-state index in [4.69, 9.17) is 5.73 Å². The maximum absolute atomic E-state index is 13.1. The minimum absolute atomic E-state index is 0.137. The highest BCUT2D eigenvalue weighted by Crippen LogP contribution is 2.24. The maximum atomic E-state index is 13.1. The van der Waals surface area contributed by atoms with Gasteiger partial charge >= 0.3 is 0 Å². The number of benzene rings is 1. The van der Waals surface area contributed by atoms with Crippen LogP contribution in [-0.4, -0.2) is 73.5 Å². The Balaban J connectivity index is 1.63. The van der Waals surface area contributed by atoms with Crippen molar-refractivity contribution in [2.24, 2.45) is 10.7 Å². The van der Waals surface area contributed by atoms with E-state index in [0.29, 0.717) is 43.0 Å². The summed E-state index contributed by atoms with van der Waals surface area (Å²) in [6.07, 6.45) is 3.86. The minimum Gasteiger partial charge on any atom is -0.369 e. The second kappa shape index (κ2) is 8.67. The Labute approximate surface area is 181 Å². The highest BCUT2D eigenvalue weighted by Gasteiger charge is 2.28. The molecule has 0 radical (unpaired) electrons. The number of aromatic nitrogens is 1. The Morgan fingerprint density at radius 3 is 2.65 bits per heavy atom. The van der Waals surface area contributed by atoms with Crippen LogP contribution in [0.25, 0.3) is 5.70 Å². The molecule has 2 aromatic rings. The first-order valence-electron chi connectivity index (χ1n) is 9.90. The van der Waals surface area contributed by atoms with Crippen molar-refractivity contribution in [3.8, 4) is 0 Å². The lowest BCUT2D eigenvalue weighted by atomic mass is 10.0. The van der Waals surface area contributed by atoms with Gasteiger partial charge in [0.1, 0.15) is 11.9 Å². The van der Waals surface area contributed by atoms with Gasteiger partial charge in [-0.25, -0.2) is 13.4 Å². The van der Waals surface area contributed by atoms with Crippen molar-refractivity contribution in [1.29, 1.82) is 0 Å². The lowest BCUT2D eigenvalue weighted by Crippen LogP contribution is -2.47. The summed E-state index contributed by atoms with van der Waals surface area (Å²) in [4.78, 5) is 23.5. The number of sulfonamides is 1. The van der Waals surface area contributed by atoms with Crippen LogP contribution < -0.4 is 11.1 Å². The molecule has 0 saturated carbocycles. The van der Waals surface area contributed by atoms with Crippen LogP contribution >= 0.6 is 0 Å². The second-order valence-corrected chi connectivity index (χ2v) is 9.41. The van der Waals surface area contributed by atoms with Crippen molar-refractivity contribution in [3.63, 3.8) is 0 Å². The number of ketones is 1. The highest BCUT2D eigenvalue weighted by molar-refractivity contribution is 7.89. The Kier molecular flexibility index (Phi) is 5.96. The van der Waals surface area contributed by atoms with Gasteiger partial charge in [-0.1, -0.05) is 12.1 Å². The number of likely N-dealkylation sites (N-methyl/N-ethyl adjacent to an activating group) is 1. The summed E-state index contributed by atoms with van der Waals surface area (Å²) in [5.74, 6) is -0.333. The van der Waals surface area contributed by atoms with Crippen LogP contribution in [0.4, 0.5) is 0 Å². The average molecular weight is 441 g/mol. The number of carbonyl (C=O) groups excluding carboxylic acids is 1. The van der Waals surface area contributed by atoms with Crippen molar-refractivity contribution < 1.29 is 13.2 Å². The summed E-state index contributed by atoms with van der Waals surface area (Å²) in [6, 6.07) is 9.89. The van der Waals surface area contributed by atoms with Gasteiger partial charge in [-0.15, -0.1) is 0 Å². The molecular weight excluding hydrogens is 416 g/mol. The normalized spacial score (nSPS) is 20.5. The Bertz CT molecular complexity index is 1140. The Morgan fingerprint density at radius 2 is 1.94 bits per heavy atom. The third kappa shape index (κ3) is 4.42. The number of pyridine rings is 1. The molecule has 1 saturated heterocycles. The monoisotopic (exact) mass is 440 g/mol. The van der Waals surface area contributed by atoms with Gasteiger partial charge in [-0.05, 0) is 31.3 Å². The number of Topliss-reactive ketones (excluding diaryl/α,β-unsaturated/α-hetero) is 1. The fourth-order valence-electron chi connectivity index (χ4n) is 3.46. The van der Waals surface area contributed by atoms with Crippen LogP contribution in [0.15, 0.2) is 64.9 Å². The third-order valence-electron chi connectivity index (χ3n) is 5.32. The largest absolute Gasteiger partial charge is 0.369 e. The highest BCUT2D eigenvalue weighted by atomic mass is 32.2. The predicted octanol–water partition coefficient (Wildman–Crippen LogP) is 0.528. The zero-order valence-electron chi connectivity index (χ0n) is 17.1. The van der Waals surface area contributed by atoms with E-state index in [1.165, 1.54) is 10.5 Å². The van der Waals surface area contributed by atoms with Gasteiger partial charge in [0.05, 0.1) is 10.6 Å². The first-order valence-corrected chi connectivity index (χ1v) is 11.3. The number of aliphatic imine (C=N–C) groups is 1. The fraction of sp³-hybridized carbons (Fsp3) is 0.286. The molecule has 162 valence electrons. The van der Waals surface area contributed by atoms with Crippen molar-refractivity contribution in [1.82, 2.24) is 19.5 Å². The summed E-state index contributed by atoms with van der Waals surface area (Å²) in [5.41, 5.74) is 7.56. The van der Waals surface area contributed by atoms with E-state index in [9.17, 15) is 13.2 Å². The lowest BCUT2D eigenvalue weighted by molar-refractivity contribution is 0.106. The Hall–Kier alpha value is -2.92. The average Bonchev–Trinajstić information content (AvgIpc) is 2.80. The third-order valence-corrected chi connectivity index (χ3v) is 7.22. The van der Waals surface area contributed by atoms with E-state index in [1.807, 2.05) is 7.05 Å². The van der Waals surface area contributed by atoms with Crippen LogP contribution in [0.3, 0.4) is 0 Å². The maximum Gasteiger partial charge on any atom is 0.243 e. The van der Waals surface area contributed by atoms with E-state index in [2.05, 4.69) is 20.2 Å². The molecule has 2 aliphatic rings. The number of nitrogens with one attached hydrogen (secondary N) is 1. The number of hydrogen-bond donors (Lipinski definition) is 2. The molecule has 31 heavy (non-hydrogen) atoms. The molecule has 10 heteroatoms. The first-order chi connectivity index (χ1) is 14.9. The van der Waals surface area contributed by atoms with Crippen molar-refractivity contribution >= 4 is 27.2 Å². The van der Waals surface area contributed by atoms with E-state index < -0.39 is 16.2 Å². The zero-order valence-corrected chi connectivity index (χ0v) is 17.9. The molecule has 3 N–H and O–H groups in total. The molecule has 9 nitrogen and oxygen atoms in total. The lowest BCUT2D eigenvalue weighted by Gasteiger charge is -2.31. The van der Waals surface area contributed by atoms with Gasteiger partial charge in [0.2, 0.25) is 15.8 Å².